The molecule has 0 saturated carbocycles. The number of carbonyl (C=O) groups is 1. The van der Waals surface area contributed by atoms with Crippen LogP contribution in [0.5, 0.6) is 0 Å². The summed E-state index contributed by atoms with van der Waals surface area (Å²) in [5, 5.41) is 0. The number of benzene rings is 1. The highest BCUT2D eigenvalue weighted by atomic mass is 32.2. The second-order valence-electron chi connectivity index (χ2n) is 7.65. The maximum Gasteiger partial charge on any atom is 0.355 e. The highest BCUT2D eigenvalue weighted by Crippen LogP contribution is 2.27. The molecule has 1 N–H and O–H groups in total. The van der Waals surface area contributed by atoms with Crippen LogP contribution in [-0.4, -0.2) is 49.5 Å². The molecule has 0 bridgehead atoms. The number of sulfonamides is 1. The van der Waals surface area contributed by atoms with Gasteiger partial charge in [0.25, 0.3) is 0 Å². The zero-order valence-electron chi connectivity index (χ0n) is 18.0. The molecule has 1 fully saturated rings. The lowest BCUT2D eigenvalue weighted by atomic mass is 10.1. The van der Waals surface area contributed by atoms with E-state index in [4.69, 9.17) is 9.47 Å². The van der Waals surface area contributed by atoms with Crippen LogP contribution in [0.15, 0.2) is 29.2 Å². The second kappa shape index (κ2) is 9.32. The second-order valence-corrected chi connectivity index (χ2v) is 9.55. The normalized spacial score (nSPS) is 16.9. The van der Waals surface area contributed by atoms with Crippen molar-refractivity contribution < 1.29 is 22.7 Å². The van der Waals surface area contributed by atoms with Crippen molar-refractivity contribution in [1.29, 1.82) is 0 Å². The summed E-state index contributed by atoms with van der Waals surface area (Å²) in [6.45, 7) is 8.56. The maximum atomic E-state index is 13.6. The number of aromatic nitrogens is 1. The third kappa shape index (κ3) is 4.61. The predicted molar refractivity (Wildman–Crippen MR) is 114 cm³/mol. The van der Waals surface area contributed by atoms with E-state index in [1.165, 1.54) is 4.31 Å². The molecule has 1 atom stereocenters. The number of nitrogens with one attached hydrogen (secondary N) is 1. The van der Waals surface area contributed by atoms with Crippen LogP contribution in [0.3, 0.4) is 0 Å². The van der Waals surface area contributed by atoms with E-state index in [2.05, 4.69) is 4.98 Å². The van der Waals surface area contributed by atoms with Gasteiger partial charge in [-0.25, -0.2) is 13.2 Å². The molecule has 1 aliphatic heterocycles. The van der Waals surface area contributed by atoms with E-state index in [0.717, 1.165) is 24.1 Å². The Morgan fingerprint density at radius 1 is 1.27 bits per heavy atom. The van der Waals surface area contributed by atoms with Gasteiger partial charge in [0.2, 0.25) is 10.0 Å². The van der Waals surface area contributed by atoms with Crippen LogP contribution in [0.4, 0.5) is 0 Å². The minimum absolute atomic E-state index is 0.132. The lowest BCUT2D eigenvalue weighted by Gasteiger charge is -2.26. The Morgan fingerprint density at radius 2 is 2.00 bits per heavy atom. The lowest BCUT2D eigenvalue weighted by molar-refractivity contribution is 0.0519. The van der Waals surface area contributed by atoms with Crippen molar-refractivity contribution >= 4 is 16.0 Å². The molecule has 2 heterocycles. The average Bonchev–Trinajstić information content (AvgIpc) is 3.31. The Morgan fingerprint density at radius 3 is 2.63 bits per heavy atom. The summed E-state index contributed by atoms with van der Waals surface area (Å²) in [5.41, 5.74) is 3.32. The van der Waals surface area contributed by atoms with Crippen LogP contribution in [-0.2, 0) is 26.0 Å². The summed E-state index contributed by atoms with van der Waals surface area (Å²) < 4.78 is 39.5. The van der Waals surface area contributed by atoms with E-state index >= 15 is 0 Å². The third-order valence-corrected chi connectivity index (χ3v) is 7.52. The van der Waals surface area contributed by atoms with Gasteiger partial charge in [-0.15, -0.1) is 0 Å². The highest BCUT2D eigenvalue weighted by molar-refractivity contribution is 7.89. The molecular formula is C22H30N2O5S. The van der Waals surface area contributed by atoms with Crippen molar-refractivity contribution in [2.75, 3.05) is 19.8 Å². The molecule has 8 heteroatoms. The Labute approximate surface area is 178 Å². The van der Waals surface area contributed by atoms with Crippen LogP contribution in [0.2, 0.25) is 0 Å². The summed E-state index contributed by atoms with van der Waals surface area (Å²) in [4.78, 5) is 15.6. The van der Waals surface area contributed by atoms with Gasteiger partial charge in [0, 0.05) is 25.4 Å². The first-order valence-electron chi connectivity index (χ1n) is 10.3. The van der Waals surface area contributed by atoms with E-state index in [9.17, 15) is 13.2 Å². The largest absolute Gasteiger partial charge is 0.461 e. The summed E-state index contributed by atoms with van der Waals surface area (Å²) in [6.07, 6.45) is 1.63. The zero-order chi connectivity index (χ0) is 21.9. The van der Waals surface area contributed by atoms with Crippen LogP contribution in [0, 0.1) is 20.8 Å². The van der Waals surface area contributed by atoms with Gasteiger partial charge in [0.05, 0.1) is 17.6 Å². The van der Waals surface area contributed by atoms with Gasteiger partial charge in [-0.2, -0.15) is 4.31 Å². The molecule has 1 unspecified atom stereocenters. The first kappa shape index (κ1) is 22.5. The molecule has 1 aliphatic rings. The maximum absolute atomic E-state index is 13.6. The van der Waals surface area contributed by atoms with Gasteiger partial charge in [0.1, 0.15) is 5.69 Å². The first-order chi connectivity index (χ1) is 14.3. The van der Waals surface area contributed by atoms with Crippen LogP contribution >= 0.6 is 0 Å². The number of ether oxygens (including phenoxy) is 2. The topological polar surface area (TPSA) is 88.7 Å². The smallest absolute Gasteiger partial charge is 0.355 e. The predicted octanol–water partition coefficient (Wildman–Crippen LogP) is 3.49. The Bertz CT molecular complexity index is 1010. The molecule has 0 amide bonds. The fourth-order valence-electron chi connectivity index (χ4n) is 3.86. The first-order valence-corrected chi connectivity index (χ1v) is 11.7. The summed E-state index contributed by atoms with van der Waals surface area (Å²) in [6, 6.07) is 6.98. The van der Waals surface area contributed by atoms with Gasteiger partial charge in [-0.3, -0.25) is 0 Å². The van der Waals surface area contributed by atoms with Crippen LogP contribution in [0.1, 0.15) is 52.6 Å². The molecular weight excluding hydrogens is 404 g/mol. The Balaban J connectivity index is 1.98. The standard InChI is InChI=1S/C22H30N2O5S/c1-5-28-22(25)21-16(3)19(17(4)23-21)14-24(13-18-10-8-12-29-18)30(26,27)20-11-7-6-9-15(20)2/h6-7,9,11,18,23H,5,8,10,12-14H2,1-4H3. The molecule has 0 radical (unpaired) electrons. The van der Waals surface area contributed by atoms with Crippen molar-refractivity contribution in [3.8, 4) is 0 Å². The van der Waals surface area contributed by atoms with Gasteiger partial charge < -0.3 is 14.5 Å². The van der Waals surface area contributed by atoms with Crippen molar-refractivity contribution in [3.05, 3.63) is 52.3 Å². The molecule has 0 aliphatic carbocycles. The highest BCUT2D eigenvalue weighted by Gasteiger charge is 2.32. The van der Waals surface area contributed by atoms with Gasteiger partial charge in [0.15, 0.2) is 0 Å². The summed E-state index contributed by atoms with van der Waals surface area (Å²) in [7, 11) is -3.75. The minimum Gasteiger partial charge on any atom is -0.461 e. The number of H-pyrrole nitrogens is 1. The molecule has 30 heavy (non-hydrogen) atoms. The average molecular weight is 435 g/mol. The molecule has 0 spiro atoms. The quantitative estimate of drug-likeness (QED) is 0.643. The number of carbonyl (C=O) groups excluding carboxylic acids is 1. The molecule has 3 rings (SSSR count). The SMILES string of the molecule is CCOC(=O)c1[nH]c(C)c(CN(CC2CCCO2)S(=O)(=O)c2ccccc2C)c1C. The van der Waals surface area contributed by atoms with Crippen molar-refractivity contribution in [3.63, 3.8) is 0 Å². The van der Waals surface area contributed by atoms with E-state index in [1.54, 1.807) is 32.0 Å². The minimum atomic E-state index is -3.75. The molecule has 1 aromatic carbocycles. The number of aryl methyl sites for hydroxylation is 2. The molecule has 7 nitrogen and oxygen atoms in total. The number of esters is 1. The van der Waals surface area contributed by atoms with Crippen LogP contribution < -0.4 is 0 Å². The van der Waals surface area contributed by atoms with E-state index in [1.807, 2.05) is 19.9 Å². The Kier molecular flexibility index (Phi) is 7.00. The van der Waals surface area contributed by atoms with Crippen molar-refractivity contribution in [1.82, 2.24) is 9.29 Å². The van der Waals surface area contributed by atoms with Gasteiger partial charge in [-0.1, -0.05) is 18.2 Å². The van der Waals surface area contributed by atoms with E-state index in [0.29, 0.717) is 28.3 Å². The van der Waals surface area contributed by atoms with E-state index < -0.39 is 16.0 Å². The fourth-order valence-corrected chi connectivity index (χ4v) is 5.52. The van der Waals surface area contributed by atoms with Gasteiger partial charge in [-0.05, 0) is 63.3 Å². The number of nitrogens with zero attached hydrogens (tertiary/aromatic N) is 1. The van der Waals surface area contributed by atoms with Crippen molar-refractivity contribution in [2.24, 2.45) is 0 Å². The lowest BCUT2D eigenvalue weighted by Crippen LogP contribution is -2.37. The number of hydrogen-bond donors (Lipinski definition) is 1. The number of rotatable bonds is 8. The number of aromatic amines is 1. The van der Waals surface area contributed by atoms with Crippen molar-refractivity contribution in [2.45, 2.75) is 58.1 Å². The molecule has 2 aromatic rings. The number of hydrogen-bond acceptors (Lipinski definition) is 5. The monoisotopic (exact) mass is 434 g/mol. The molecule has 1 saturated heterocycles. The van der Waals surface area contributed by atoms with Gasteiger partial charge >= 0.3 is 5.97 Å². The molecule has 164 valence electrons. The molecule has 1 aromatic heterocycles. The fraction of sp³-hybridized carbons (Fsp3) is 0.500. The van der Waals surface area contributed by atoms with Crippen LogP contribution in [0.25, 0.3) is 0 Å². The van der Waals surface area contributed by atoms with E-state index in [-0.39, 0.29) is 25.8 Å². The summed E-state index contributed by atoms with van der Waals surface area (Å²) in [5.74, 6) is -0.434. The third-order valence-electron chi connectivity index (χ3n) is 5.55. The zero-order valence-corrected chi connectivity index (χ0v) is 18.8. The Hall–Kier alpha value is -2.16. The summed E-state index contributed by atoms with van der Waals surface area (Å²) >= 11 is 0.